The van der Waals surface area contributed by atoms with Crippen LogP contribution in [-0.4, -0.2) is 66.5 Å². The Morgan fingerprint density at radius 2 is 0.786 bits per heavy atom. The molecule has 0 aliphatic rings. The molecule has 0 fully saturated rings. The van der Waals surface area contributed by atoms with Crippen LogP contribution < -0.4 is 0 Å². The maximum atomic E-state index is 12.9. The molecule has 0 saturated heterocycles. The number of phosphoric acid groups is 1. The summed E-state index contributed by atoms with van der Waals surface area (Å²) in [6.07, 6.45) is 59.6. The number of unbranched alkanes of at least 4 members (excludes halogenated alkanes) is 16. The fourth-order valence-corrected chi connectivity index (χ4v) is 7.61. The number of esters is 3. The molecule has 0 aromatic rings. The van der Waals surface area contributed by atoms with Crippen molar-refractivity contribution in [3.05, 3.63) is 97.2 Å². The molecule has 2 N–H and O–H groups in total. The van der Waals surface area contributed by atoms with Crippen molar-refractivity contribution in [2.75, 3.05) is 26.4 Å². The lowest BCUT2D eigenvalue weighted by Gasteiger charge is -2.21. The fraction of sp³-hybridized carbons (Fsp3) is 0.672. The summed E-state index contributed by atoms with van der Waals surface area (Å²) in [6.45, 7) is 4.33. The molecule has 0 rings (SSSR count). The monoisotopic (exact) mass is 1000 g/mol. The summed E-state index contributed by atoms with van der Waals surface area (Å²) in [6, 6.07) is 0. The summed E-state index contributed by atoms with van der Waals surface area (Å²) in [5.74, 6) is -1.60. The van der Waals surface area contributed by atoms with E-state index in [4.69, 9.17) is 23.3 Å². The first-order valence-electron chi connectivity index (χ1n) is 27.1. The third-order valence-electron chi connectivity index (χ3n) is 11.0. The van der Waals surface area contributed by atoms with Gasteiger partial charge in [0.25, 0.3) is 0 Å². The number of rotatable bonds is 49. The molecule has 0 amide bonds. The number of ether oxygens (including phenoxy) is 3. The number of aliphatic hydroxyl groups excluding tert-OH is 1. The minimum absolute atomic E-state index is 0.0979. The zero-order valence-electron chi connectivity index (χ0n) is 43.9. The molecular weight excluding hydrogens is 904 g/mol. The van der Waals surface area contributed by atoms with Crippen molar-refractivity contribution in [2.45, 2.75) is 226 Å². The Hall–Kier alpha value is -3.60. The van der Waals surface area contributed by atoms with Crippen LogP contribution in [0.3, 0.4) is 0 Å². The summed E-state index contributed by atoms with van der Waals surface area (Å²) in [5, 5.41) is 9.77. The summed E-state index contributed by atoms with van der Waals surface area (Å²) in [4.78, 5) is 48.3. The third-order valence-corrected chi connectivity index (χ3v) is 11.9. The molecular formula is C58H97O11P. The van der Waals surface area contributed by atoms with Crippen molar-refractivity contribution >= 4 is 25.7 Å². The van der Waals surface area contributed by atoms with Gasteiger partial charge in [-0.2, -0.15) is 0 Å². The number of hydrogen-bond donors (Lipinski definition) is 2. The summed E-state index contributed by atoms with van der Waals surface area (Å²) < 4.78 is 39.3. The van der Waals surface area contributed by atoms with Crippen molar-refractivity contribution in [1.82, 2.24) is 0 Å². The van der Waals surface area contributed by atoms with E-state index in [0.29, 0.717) is 19.3 Å². The summed E-state index contributed by atoms with van der Waals surface area (Å²) in [5.41, 5.74) is 0. The first kappa shape index (κ1) is 66.4. The predicted molar refractivity (Wildman–Crippen MR) is 288 cm³/mol. The molecule has 0 aliphatic heterocycles. The van der Waals surface area contributed by atoms with E-state index in [0.717, 1.165) is 116 Å². The number of phosphoric ester groups is 1. The second kappa shape index (κ2) is 51.7. The maximum Gasteiger partial charge on any atom is 0.472 e. The number of hydrogen-bond acceptors (Lipinski definition) is 10. The van der Waals surface area contributed by atoms with E-state index < -0.39 is 57.8 Å². The fourth-order valence-electron chi connectivity index (χ4n) is 6.83. The van der Waals surface area contributed by atoms with Gasteiger partial charge in [0, 0.05) is 19.3 Å². The third kappa shape index (κ3) is 49.4. The second-order valence-corrected chi connectivity index (χ2v) is 19.1. The molecule has 0 bridgehead atoms. The Kier molecular flexibility index (Phi) is 49.1. The van der Waals surface area contributed by atoms with Gasteiger partial charge in [0.2, 0.25) is 0 Å². The van der Waals surface area contributed by atoms with Gasteiger partial charge in [0.15, 0.2) is 6.10 Å². The summed E-state index contributed by atoms with van der Waals surface area (Å²) in [7, 11) is -4.77. The largest absolute Gasteiger partial charge is 0.472 e. The molecule has 0 saturated carbocycles. The molecule has 0 spiro atoms. The second-order valence-electron chi connectivity index (χ2n) is 17.7. The SMILES string of the molecule is CC/C=C\C/C=C\C/C=C\C/C=C\CCC(=O)OCC(COP(=O)(O)OCC(CO)OC(=O)CCCCCCC/C=C\CCCC)OC(=O)CCCCCCCC/C=C\C/C=C\C/C=C\CCCCC. The van der Waals surface area contributed by atoms with Crippen LogP contribution in [0.1, 0.15) is 213 Å². The van der Waals surface area contributed by atoms with Gasteiger partial charge in [-0.05, 0) is 103 Å². The number of carbonyl (C=O) groups is 3. The smallest absolute Gasteiger partial charge is 0.462 e. The first-order valence-corrected chi connectivity index (χ1v) is 28.6. The highest BCUT2D eigenvalue weighted by Crippen LogP contribution is 2.43. The normalized spacial score (nSPS) is 14.2. The van der Waals surface area contributed by atoms with E-state index in [9.17, 15) is 28.9 Å². The average Bonchev–Trinajstić information content (AvgIpc) is 3.35. The van der Waals surface area contributed by atoms with Crippen molar-refractivity contribution in [3.63, 3.8) is 0 Å². The Labute approximate surface area is 425 Å². The van der Waals surface area contributed by atoms with Gasteiger partial charge in [0.1, 0.15) is 12.7 Å². The highest BCUT2D eigenvalue weighted by Gasteiger charge is 2.28. The molecule has 11 nitrogen and oxygen atoms in total. The topological polar surface area (TPSA) is 155 Å². The Bertz CT molecular complexity index is 1540. The molecule has 70 heavy (non-hydrogen) atoms. The van der Waals surface area contributed by atoms with E-state index in [2.05, 4.69) is 106 Å². The molecule has 0 aromatic heterocycles. The zero-order valence-corrected chi connectivity index (χ0v) is 44.8. The van der Waals surface area contributed by atoms with E-state index in [1.807, 2.05) is 12.2 Å². The van der Waals surface area contributed by atoms with Crippen LogP contribution in [0.25, 0.3) is 0 Å². The summed E-state index contributed by atoms with van der Waals surface area (Å²) >= 11 is 0. The number of carbonyl (C=O) groups excluding carboxylic acids is 3. The Morgan fingerprint density at radius 1 is 0.414 bits per heavy atom. The molecule has 0 aromatic carbocycles. The van der Waals surface area contributed by atoms with Crippen LogP contribution in [-0.2, 0) is 42.2 Å². The van der Waals surface area contributed by atoms with Crippen molar-refractivity contribution in [2.24, 2.45) is 0 Å². The number of allylic oxidation sites excluding steroid dienone is 16. The highest BCUT2D eigenvalue weighted by atomic mass is 31.2. The molecule has 0 radical (unpaired) electrons. The average molecular weight is 1000 g/mol. The van der Waals surface area contributed by atoms with Crippen LogP contribution in [0.5, 0.6) is 0 Å². The number of aliphatic hydroxyl groups is 1. The van der Waals surface area contributed by atoms with Gasteiger partial charge < -0.3 is 24.2 Å². The van der Waals surface area contributed by atoms with Gasteiger partial charge in [-0.15, -0.1) is 0 Å². The van der Waals surface area contributed by atoms with Crippen LogP contribution in [0, 0.1) is 0 Å². The van der Waals surface area contributed by atoms with Crippen molar-refractivity contribution in [3.8, 4) is 0 Å². The van der Waals surface area contributed by atoms with E-state index in [-0.39, 0.29) is 25.9 Å². The zero-order chi connectivity index (χ0) is 51.3. The molecule has 12 heteroatoms. The molecule has 0 aliphatic carbocycles. The van der Waals surface area contributed by atoms with Gasteiger partial charge in [-0.1, -0.05) is 189 Å². The lowest BCUT2D eigenvalue weighted by Crippen LogP contribution is -2.30. The predicted octanol–water partition coefficient (Wildman–Crippen LogP) is 15.7. The maximum absolute atomic E-state index is 12.9. The van der Waals surface area contributed by atoms with Crippen LogP contribution >= 0.6 is 7.82 Å². The van der Waals surface area contributed by atoms with Gasteiger partial charge in [-0.25, -0.2) is 4.57 Å². The highest BCUT2D eigenvalue weighted by molar-refractivity contribution is 7.47. The molecule has 3 atom stereocenters. The van der Waals surface area contributed by atoms with Crippen molar-refractivity contribution < 1.29 is 52.2 Å². The Morgan fingerprint density at radius 3 is 1.26 bits per heavy atom. The molecule has 400 valence electrons. The Balaban J connectivity index is 4.84. The van der Waals surface area contributed by atoms with Gasteiger partial charge in [0.05, 0.1) is 19.8 Å². The standard InChI is InChI=1S/C58H97O11P/c1-4-7-10-13-16-19-22-24-25-26-27-28-29-31-34-37-40-43-46-49-58(62)69-55(51-65-56(60)47-44-41-38-35-33-30-23-20-17-14-11-8-5-2)53-67-70(63,64)66-52-54(50-59)68-57(61)48-45-42-39-36-32-21-18-15-12-9-6-3/h8,11,15-20,24-25,27-28,30,33,38,41,54-55,59H,4-7,9-10,12-14,21-23,26,29,31-32,34-37,39-40,42-53H2,1-3H3,(H,63,64)/b11-8-,18-15-,19-16-,20-17-,25-24-,28-27-,33-30-,41-38-. The van der Waals surface area contributed by atoms with Crippen molar-refractivity contribution in [1.29, 1.82) is 0 Å². The van der Waals surface area contributed by atoms with Gasteiger partial charge in [-0.3, -0.25) is 23.4 Å². The minimum atomic E-state index is -4.77. The molecule has 0 heterocycles. The van der Waals surface area contributed by atoms with E-state index in [1.54, 1.807) is 0 Å². The van der Waals surface area contributed by atoms with E-state index >= 15 is 0 Å². The first-order chi connectivity index (χ1) is 34.2. The van der Waals surface area contributed by atoms with E-state index in [1.165, 1.54) is 38.5 Å². The van der Waals surface area contributed by atoms with Crippen LogP contribution in [0.4, 0.5) is 0 Å². The van der Waals surface area contributed by atoms with Crippen LogP contribution in [0.2, 0.25) is 0 Å². The minimum Gasteiger partial charge on any atom is -0.462 e. The van der Waals surface area contributed by atoms with Crippen LogP contribution in [0.15, 0.2) is 97.2 Å². The quantitative estimate of drug-likeness (QED) is 0.0197. The lowest BCUT2D eigenvalue weighted by atomic mass is 10.1. The van der Waals surface area contributed by atoms with Gasteiger partial charge >= 0.3 is 25.7 Å². The lowest BCUT2D eigenvalue weighted by molar-refractivity contribution is -0.161. The molecule has 3 unspecified atom stereocenters.